The van der Waals surface area contributed by atoms with Gasteiger partial charge in [0.2, 0.25) is 0 Å². The monoisotopic (exact) mass is 443 g/mol. The van der Waals surface area contributed by atoms with Crippen LogP contribution in [0, 0.1) is 0 Å². The van der Waals surface area contributed by atoms with E-state index in [2.05, 4.69) is 0 Å². The second-order valence-corrected chi connectivity index (χ2v) is 9.17. The van der Waals surface area contributed by atoms with E-state index < -0.39 is 35.0 Å². The molecule has 10 heteroatoms. The van der Waals surface area contributed by atoms with E-state index in [0.717, 1.165) is 50.0 Å². The van der Waals surface area contributed by atoms with Gasteiger partial charge in [-0.2, -0.15) is 13.2 Å². The normalized spacial score (nSPS) is 12.2. The molecule has 2 aromatic carbocycles. The van der Waals surface area contributed by atoms with Crippen molar-refractivity contribution < 1.29 is 31.5 Å². The van der Waals surface area contributed by atoms with Crippen molar-refractivity contribution in [3.05, 3.63) is 60.2 Å². The predicted octanol–water partition coefficient (Wildman–Crippen LogP) is 5.14. The average Bonchev–Trinajstić information content (AvgIpc) is 3.07. The second-order valence-electron chi connectivity index (χ2n) is 6.25. The van der Waals surface area contributed by atoms with Crippen molar-refractivity contribution in [2.45, 2.75) is 23.9 Å². The van der Waals surface area contributed by atoms with Crippen LogP contribution in [0.5, 0.6) is 0 Å². The van der Waals surface area contributed by atoms with E-state index in [1.54, 1.807) is 30.3 Å². The summed E-state index contributed by atoms with van der Waals surface area (Å²) < 4.78 is 65.8. The third-order valence-electron chi connectivity index (χ3n) is 4.17. The maximum absolute atomic E-state index is 13.2. The zero-order valence-corrected chi connectivity index (χ0v) is 16.5. The van der Waals surface area contributed by atoms with Gasteiger partial charge in [-0.15, -0.1) is 11.3 Å². The first-order chi connectivity index (χ1) is 13.6. The van der Waals surface area contributed by atoms with E-state index in [4.69, 9.17) is 5.11 Å². The largest absolute Gasteiger partial charge is 0.478 e. The lowest BCUT2D eigenvalue weighted by Gasteiger charge is -2.23. The van der Waals surface area contributed by atoms with Gasteiger partial charge >= 0.3 is 12.1 Å². The van der Waals surface area contributed by atoms with Crippen molar-refractivity contribution in [2.75, 3.05) is 10.8 Å². The molecule has 0 saturated heterocycles. The number of halogens is 3. The highest BCUT2D eigenvalue weighted by Gasteiger charge is 2.30. The summed E-state index contributed by atoms with van der Waals surface area (Å²) in [5.74, 6) is -1.21. The number of hydrogen-bond donors (Lipinski definition) is 1. The van der Waals surface area contributed by atoms with E-state index in [1.807, 2.05) is 0 Å². The highest BCUT2D eigenvalue weighted by atomic mass is 32.2. The summed E-state index contributed by atoms with van der Waals surface area (Å²) in [7, 11) is -4.18. The van der Waals surface area contributed by atoms with Gasteiger partial charge in [0.25, 0.3) is 10.0 Å². The zero-order chi connectivity index (χ0) is 21.2. The Hall–Kier alpha value is -2.59. The van der Waals surface area contributed by atoms with Crippen LogP contribution < -0.4 is 4.31 Å². The SMILES string of the molecule is O=C(O)c1ccc(S(=O)(=O)N(CCCC(F)(F)F)c2cc3ccccc3s2)cc1. The first-order valence-electron chi connectivity index (χ1n) is 8.49. The summed E-state index contributed by atoms with van der Waals surface area (Å²) >= 11 is 1.16. The van der Waals surface area contributed by atoms with Crippen molar-refractivity contribution in [2.24, 2.45) is 0 Å². The Kier molecular flexibility index (Phi) is 5.85. The number of hydrogen-bond acceptors (Lipinski definition) is 4. The standard InChI is InChI=1S/C19H16F3NO4S2/c20-19(21,22)10-3-11-23(17-12-14-4-1-2-5-16(14)28-17)29(26,27)15-8-6-13(7-9-15)18(24)25/h1-2,4-9,12H,3,10-11H2,(H,24,25). The molecule has 29 heavy (non-hydrogen) atoms. The van der Waals surface area contributed by atoms with E-state index in [-0.39, 0.29) is 17.0 Å². The molecule has 3 aromatic rings. The maximum atomic E-state index is 13.2. The number of alkyl halides is 3. The van der Waals surface area contributed by atoms with Crippen LogP contribution in [-0.2, 0) is 10.0 Å². The number of benzene rings is 2. The molecule has 0 atom stereocenters. The molecule has 5 nitrogen and oxygen atoms in total. The number of fused-ring (bicyclic) bond motifs is 1. The number of thiophene rings is 1. The number of carboxylic acids is 1. The molecule has 1 N–H and O–H groups in total. The lowest BCUT2D eigenvalue weighted by molar-refractivity contribution is -0.134. The highest BCUT2D eigenvalue weighted by molar-refractivity contribution is 7.93. The van der Waals surface area contributed by atoms with Crippen molar-refractivity contribution >= 4 is 42.4 Å². The van der Waals surface area contributed by atoms with E-state index in [9.17, 15) is 26.4 Å². The third kappa shape index (κ3) is 4.88. The predicted molar refractivity (Wildman–Crippen MR) is 105 cm³/mol. The molecule has 0 spiro atoms. The van der Waals surface area contributed by atoms with Gasteiger partial charge in [-0.1, -0.05) is 18.2 Å². The molecular formula is C19H16F3NO4S2. The molecule has 0 aliphatic heterocycles. The van der Waals surface area contributed by atoms with Crippen molar-refractivity contribution in [1.82, 2.24) is 0 Å². The first kappa shape index (κ1) is 21.1. The lowest BCUT2D eigenvalue weighted by atomic mass is 10.2. The Labute approximate surface area is 169 Å². The molecule has 1 heterocycles. The minimum Gasteiger partial charge on any atom is -0.478 e. The summed E-state index contributed by atoms with van der Waals surface area (Å²) in [4.78, 5) is 10.8. The van der Waals surface area contributed by atoms with E-state index in [0.29, 0.717) is 5.00 Å². The topological polar surface area (TPSA) is 74.7 Å². The molecule has 0 bridgehead atoms. The minimum atomic E-state index is -4.39. The number of sulfonamides is 1. The van der Waals surface area contributed by atoms with Crippen LogP contribution in [0.15, 0.2) is 59.5 Å². The van der Waals surface area contributed by atoms with Gasteiger partial charge in [-0.25, -0.2) is 13.2 Å². The summed E-state index contributed by atoms with van der Waals surface area (Å²) in [5, 5.41) is 10.1. The Balaban J connectivity index is 1.99. The molecule has 0 aliphatic rings. The molecule has 1 aromatic heterocycles. The first-order valence-corrected chi connectivity index (χ1v) is 10.7. The van der Waals surface area contributed by atoms with Gasteiger partial charge in [0, 0.05) is 17.7 Å². The van der Waals surface area contributed by atoms with E-state index in [1.165, 1.54) is 0 Å². The summed E-state index contributed by atoms with van der Waals surface area (Å²) in [6, 6.07) is 13.4. The van der Waals surface area contributed by atoms with Crippen LogP contribution in [-0.4, -0.2) is 32.2 Å². The van der Waals surface area contributed by atoms with Gasteiger partial charge < -0.3 is 5.11 Å². The fourth-order valence-corrected chi connectivity index (χ4v) is 5.55. The maximum Gasteiger partial charge on any atom is 0.389 e. The van der Waals surface area contributed by atoms with Crippen molar-refractivity contribution in [3.8, 4) is 0 Å². The molecule has 0 unspecified atom stereocenters. The Bertz CT molecular complexity index is 1090. The molecular weight excluding hydrogens is 427 g/mol. The minimum absolute atomic E-state index is 0.0885. The van der Waals surface area contributed by atoms with Crippen molar-refractivity contribution in [1.29, 1.82) is 0 Å². The van der Waals surface area contributed by atoms with Gasteiger partial charge in [-0.05, 0) is 48.2 Å². The lowest BCUT2D eigenvalue weighted by Crippen LogP contribution is -2.32. The Morgan fingerprint density at radius 1 is 1.07 bits per heavy atom. The number of nitrogens with zero attached hydrogens (tertiary/aromatic N) is 1. The molecule has 0 fully saturated rings. The molecule has 3 rings (SSSR count). The number of rotatable bonds is 7. The third-order valence-corrected chi connectivity index (χ3v) is 7.25. The summed E-state index contributed by atoms with van der Waals surface area (Å²) in [6.07, 6.45) is -5.90. The summed E-state index contributed by atoms with van der Waals surface area (Å²) in [5.41, 5.74) is -0.0885. The molecule has 0 amide bonds. The number of aromatic carboxylic acids is 1. The van der Waals surface area contributed by atoms with E-state index >= 15 is 0 Å². The fourth-order valence-electron chi connectivity index (χ4n) is 2.76. The van der Waals surface area contributed by atoms with Gasteiger partial charge in [0.15, 0.2) is 0 Å². The average molecular weight is 443 g/mol. The number of carboxylic acid groups (broad SMARTS) is 1. The van der Waals surface area contributed by atoms with Gasteiger partial charge in [0.05, 0.1) is 10.5 Å². The Morgan fingerprint density at radius 3 is 2.31 bits per heavy atom. The van der Waals surface area contributed by atoms with Crippen LogP contribution in [0.3, 0.4) is 0 Å². The van der Waals surface area contributed by atoms with Crippen LogP contribution in [0.1, 0.15) is 23.2 Å². The van der Waals surface area contributed by atoms with Crippen molar-refractivity contribution in [3.63, 3.8) is 0 Å². The number of anilines is 1. The quantitative estimate of drug-likeness (QED) is 0.549. The Morgan fingerprint density at radius 2 is 1.72 bits per heavy atom. The van der Waals surface area contributed by atoms with Crippen LogP contribution in [0.4, 0.5) is 18.2 Å². The fraction of sp³-hybridized carbons (Fsp3) is 0.211. The zero-order valence-electron chi connectivity index (χ0n) is 14.9. The van der Waals surface area contributed by atoms with Gasteiger partial charge in [-0.3, -0.25) is 4.31 Å². The van der Waals surface area contributed by atoms with Crippen LogP contribution in [0.25, 0.3) is 10.1 Å². The molecule has 0 saturated carbocycles. The smallest absolute Gasteiger partial charge is 0.389 e. The van der Waals surface area contributed by atoms with Gasteiger partial charge in [0.1, 0.15) is 5.00 Å². The van der Waals surface area contributed by atoms with Crippen LogP contribution >= 0.6 is 11.3 Å². The van der Waals surface area contributed by atoms with Crippen LogP contribution in [0.2, 0.25) is 0 Å². The molecule has 0 aliphatic carbocycles. The molecule has 154 valence electrons. The number of carbonyl (C=O) groups is 1. The molecule has 0 radical (unpaired) electrons. The highest BCUT2D eigenvalue weighted by Crippen LogP contribution is 2.36. The second kappa shape index (κ2) is 8.03. The summed E-state index contributed by atoms with van der Waals surface area (Å²) in [6.45, 7) is -0.352.